The van der Waals surface area contributed by atoms with Crippen molar-refractivity contribution in [2.45, 2.75) is 45.1 Å². The lowest BCUT2D eigenvalue weighted by molar-refractivity contribution is 0.182. The van der Waals surface area contributed by atoms with E-state index in [4.69, 9.17) is 0 Å². The van der Waals surface area contributed by atoms with E-state index in [0.29, 0.717) is 0 Å². The van der Waals surface area contributed by atoms with Crippen LogP contribution in [0.25, 0.3) is 0 Å². The molecule has 14 heavy (non-hydrogen) atoms. The Morgan fingerprint density at radius 1 is 1.14 bits per heavy atom. The summed E-state index contributed by atoms with van der Waals surface area (Å²) in [7, 11) is 0. The molecule has 0 atom stereocenters. The van der Waals surface area contributed by atoms with Gasteiger partial charge in [0.05, 0.1) is 0 Å². The van der Waals surface area contributed by atoms with Crippen molar-refractivity contribution in [3.05, 3.63) is 0 Å². The van der Waals surface area contributed by atoms with E-state index in [0.717, 1.165) is 12.0 Å². The fourth-order valence-corrected chi connectivity index (χ4v) is 2.45. The van der Waals surface area contributed by atoms with Crippen molar-refractivity contribution in [2.75, 3.05) is 26.2 Å². The summed E-state index contributed by atoms with van der Waals surface area (Å²) in [5, 5.41) is 3.70. The molecule has 2 nitrogen and oxygen atoms in total. The molecule has 1 heterocycles. The summed E-state index contributed by atoms with van der Waals surface area (Å²) >= 11 is 0. The molecule has 82 valence electrons. The summed E-state index contributed by atoms with van der Waals surface area (Å²) in [4.78, 5) is 2.57. The predicted octanol–water partition coefficient (Wildman–Crippen LogP) is 1.86. The summed E-state index contributed by atoms with van der Waals surface area (Å²) in [5.74, 6) is 0.957. The largest absolute Gasteiger partial charge is 0.314 e. The first-order valence-corrected chi connectivity index (χ1v) is 6.34. The van der Waals surface area contributed by atoms with Gasteiger partial charge in [0.2, 0.25) is 0 Å². The Balaban J connectivity index is 1.58. The van der Waals surface area contributed by atoms with Crippen molar-refractivity contribution < 1.29 is 0 Å². The van der Waals surface area contributed by atoms with Crippen LogP contribution < -0.4 is 5.32 Å². The monoisotopic (exact) mass is 196 g/mol. The topological polar surface area (TPSA) is 15.3 Å². The highest BCUT2D eigenvalue weighted by molar-refractivity contribution is 4.79. The number of rotatable bonds is 4. The fourth-order valence-electron chi connectivity index (χ4n) is 2.45. The maximum Gasteiger partial charge on any atom is 0.00671 e. The number of hydrogen-bond donors (Lipinski definition) is 1. The molecule has 0 spiro atoms. The lowest BCUT2D eigenvalue weighted by Gasteiger charge is -2.33. The van der Waals surface area contributed by atoms with E-state index in [1.54, 1.807) is 0 Å². The molecular weight excluding hydrogens is 172 g/mol. The molecular formula is C12H24N2. The van der Waals surface area contributed by atoms with Crippen LogP contribution in [-0.4, -0.2) is 37.1 Å². The Bertz CT molecular complexity index is 158. The van der Waals surface area contributed by atoms with Gasteiger partial charge in [0.15, 0.2) is 0 Å². The second-order valence-corrected chi connectivity index (χ2v) is 4.91. The third-order valence-corrected chi connectivity index (χ3v) is 3.95. The minimum absolute atomic E-state index is 0.874. The second-order valence-electron chi connectivity index (χ2n) is 4.91. The molecule has 1 aliphatic carbocycles. The molecule has 0 aromatic carbocycles. The van der Waals surface area contributed by atoms with Crippen LogP contribution in [0.5, 0.6) is 0 Å². The molecule has 2 aliphatic rings. The molecule has 0 unspecified atom stereocenters. The Labute approximate surface area is 88.1 Å². The Hall–Kier alpha value is -0.0800. The lowest BCUT2D eigenvalue weighted by atomic mass is 9.91. The van der Waals surface area contributed by atoms with Crippen LogP contribution in [0, 0.1) is 5.92 Å². The molecule has 2 rings (SSSR count). The van der Waals surface area contributed by atoms with Crippen LogP contribution in [0.4, 0.5) is 0 Å². The average Bonchev–Trinajstić information content (AvgIpc) is 2.16. The van der Waals surface area contributed by atoms with Crippen LogP contribution in [-0.2, 0) is 0 Å². The van der Waals surface area contributed by atoms with Crippen molar-refractivity contribution in [2.24, 2.45) is 5.92 Å². The van der Waals surface area contributed by atoms with Gasteiger partial charge in [0, 0.05) is 6.04 Å². The minimum atomic E-state index is 0.874. The number of hydrogen-bond acceptors (Lipinski definition) is 2. The first kappa shape index (κ1) is 10.4. The van der Waals surface area contributed by atoms with E-state index in [2.05, 4.69) is 17.1 Å². The molecule has 0 bridgehead atoms. The molecule has 2 heteroatoms. The summed E-state index contributed by atoms with van der Waals surface area (Å²) in [5.41, 5.74) is 0. The van der Waals surface area contributed by atoms with Crippen molar-refractivity contribution in [1.29, 1.82) is 0 Å². The quantitative estimate of drug-likeness (QED) is 0.738. The predicted molar refractivity (Wildman–Crippen MR) is 60.5 cm³/mol. The molecule has 0 aromatic heterocycles. The molecule has 1 saturated carbocycles. The van der Waals surface area contributed by atoms with Gasteiger partial charge >= 0.3 is 0 Å². The van der Waals surface area contributed by atoms with Gasteiger partial charge in [-0.3, -0.25) is 0 Å². The van der Waals surface area contributed by atoms with E-state index in [1.165, 1.54) is 58.3 Å². The van der Waals surface area contributed by atoms with Crippen molar-refractivity contribution >= 4 is 0 Å². The average molecular weight is 196 g/mol. The van der Waals surface area contributed by atoms with Crippen molar-refractivity contribution in [3.63, 3.8) is 0 Å². The molecule has 0 amide bonds. The Morgan fingerprint density at radius 3 is 2.36 bits per heavy atom. The SMILES string of the molecule is CCN1CCC(CNC2CCC2)CC1. The Morgan fingerprint density at radius 2 is 1.86 bits per heavy atom. The summed E-state index contributed by atoms with van der Waals surface area (Å²) in [6.07, 6.45) is 7.12. The van der Waals surface area contributed by atoms with Gasteiger partial charge in [-0.15, -0.1) is 0 Å². The minimum Gasteiger partial charge on any atom is -0.314 e. The highest BCUT2D eigenvalue weighted by Gasteiger charge is 2.21. The fraction of sp³-hybridized carbons (Fsp3) is 1.00. The van der Waals surface area contributed by atoms with Gasteiger partial charge in [-0.1, -0.05) is 13.3 Å². The van der Waals surface area contributed by atoms with E-state index in [9.17, 15) is 0 Å². The number of nitrogens with zero attached hydrogens (tertiary/aromatic N) is 1. The van der Waals surface area contributed by atoms with Gasteiger partial charge < -0.3 is 10.2 Å². The number of likely N-dealkylation sites (tertiary alicyclic amines) is 1. The molecule has 0 radical (unpaired) electrons. The molecule has 1 saturated heterocycles. The lowest BCUT2D eigenvalue weighted by Crippen LogP contribution is -2.42. The van der Waals surface area contributed by atoms with Crippen LogP contribution in [0.15, 0.2) is 0 Å². The number of nitrogens with one attached hydrogen (secondary N) is 1. The molecule has 1 N–H and O–H groups in total. The van der Waals surface area contributed by atoms with E-state index in [1.807, 2.05) is 0 Å². The van der Waals surface area contributed by atoms with Crippen LogP contribution in [0.2, 0.25) is 0 Å². The highest BCUT2D eigenvalue weighted by atomic mass is 15.1. The first-order valence-electron chi connectivity index (χ1n) is 6.34. The zero-order valence-corrected chi connectivity index (χ0v) is 9.47. The van der Waals surface area contributed by atoms with Crippen molar-refractivity contribution in [3.8, 4) is 0 Å². The summed E-state index contributed by atoms with van der Waals surface area (Å²) in [6.45, 7) is 7.44. The third-order valence-electron chi connectivity index (χ3n) is 3.95. The van der Waals surface area contributed by atoms with Gasteiger partial charge in [0.1, 0.15) is 0 Å². The van der Waals surface area contributed by atoms with Crippen LogP contribution in [0.1, 0.15) is 39.0 Å². The smallest absolute Gasteiger partial charge is 0.00671 e. The van der Waals surface area contributed by atoms with E-state index >= 15 is 0 Å². The van der Waals surface area contributed by atoms with E-state index < -0.39 is 0 Å². The van der Waals surface area contributed by atoms with Crippen LogP contribution in [0.3, 0.4) is 0 Å². The first-order chi connectivity index (χ1) is 6.88. The maximum atomic E-state index is 3.70. The second kappa shape index (κ2) is 5.13. The third kappa shape index (κ3) is 2.71. The zero-order valence-electron chi connectivity index (χ0n) is 9.47. The summed E-state index contributed by atoms with van der Waals surface area (Å²) in [6, 6.07) is 0.874. The molecule has 0 aromatic rings. The molecule has 1 aliphatic heterocycles. The highest BCUT2D eigenvalue weighted by Crippen LogP contribution is 2.20. The van der Waals surface area contributed by atoms with Gasteiger partial charge in [0.25, 0.3) is 0 Å². The Kier molecular flexibility index (Phi) is 3.82. The number of piperidine rings is 1. The van der Waals surface area contributed by atoms with E-state index in [-0.39, 0.29) is 0 Å². The van der Waals surface area contributed by atoms with Gasteiger partial charge in [-0.25, -0.2) is 0 Å². The van der Waals surface area contributed by atoms with Gasteiger partial charge in [-0.2, -0.15) is 0 Å². The maximum absolute atomic E-state index is 3.70. The summed E-state index contributed by atoms with van der Waals surface area (Å²) < 4.78 is 0. The standard InChI is InChI=1S/C12H24N2/c1-2-14-8-6-11(7-9-14)10-13-12-4-3-5-12/h11-13H,2-10H2,1H3. The van der Waals surface area contributed by atoms with Crippen molar-refractivity contribution in [1.82, 2.24) is 10.2 Å². The normalized spacial score (nSPS) is 26.4. The van der Waals surface area contributed by atoms with Gasteiger partial charge in [-0.05, 0) is 57.8 Å². The zero-order chi connectivity index (χ0) is 9.80. The molecule has 2 fully saturated rings. The van der Waals surface area contributed by atoms with Crippen LogP contribution >= 0.6 is 0 Å².